The first-order valence-corrected chi connectivity index (χ1v) is 10.4. The third-order valence-electron chi connectivity index (χ3n) is 5.05. The highest BCUT2D eigenvalue weighted by molar-refractivity contribution is 9.10. The van der Waals surface area contributed by atoms with E-state index in [9.17, 15) is 4.79 Å². The molecule has 0 bridgehead atoms. The van der Waals surface area contributed by atoms with Gasteiger partial charge in [-0.1, -0.05) is 15.9 Å². The van der Waals surface area contributed by atoms with Crippen molar-refractivity contribution >= 4 is 22.0 Å². The Balaban J connectivity index is 1.66. The average Bonchev–Trinajstić information content (AvgIpc) is 3.17. The number of hydrogen-bond acceptors (Lipinski definition) is 4. The molecule has 2 aromatic rings. The van der Waals surface area contributed by atoms with Crippen LogP contribution in [0.2, 0.25) is 0 Å². The van der Waals surface area contributed by atoms with Crippen LogP contribution in [-0.2, 0) is 17.6 Å². The maximum Gasteiger partial charge on any atom is 0.410 e. The minimum Gasteiger partial charge on any atom is -0.444 e. The molecule has 4 rings (SSSR count). The minimum atomic E-state index is -0.510. The second-order valence-electron chi connectivity index (χ2n) is 8.31. The van der Waals surface area contributed by atoms with E-state index in [4.69, 9.17) is 14.1 Å². The van der Waals surface area contributed by atoms with E-state index in [1.165, 1.54) is 5.56 Å². The van der Waals surface area contributed by atoms with Crippen LogP contribution < -0.4 is 0 Å². The lowest BCUT2D eigenvalue weighted by Gasteiger charge is -2.27. The van der Waals surface area contributed by atoms with Crippen molar-refractivity contribution in [3.05, 3.63) is 39.8 Å². The van der Waals surface area contributed by atoms with Gasteiger partial charge in [-0.25, -0.2) is 9.78 Å². The molecule has 0 unspecified atom stereocenters. The van der Waals surface area contributed by atoms with Crippen LogP contribution in [0.1, 0.15) is 63.2 Å². The lowest BCUT2D eigenvalue weighted by Crippen LogP contribution is -2.36. The Morgan fingerprint density at radius 1 is 1.30 bits per heavy atom. The molecule has 27 heavy (non-hydrogen) atoms. The van der Waals surface area contributed by atoms with Gasteiger partial charge in [0.15, 0.2) is 5.76 Å². The number of benzene rings is 1. The van der Waals surface area contributed by atoms with Gasteiger partial charge in [-0.3, -0.25) is 4.90 Å². The monoisotopic (exact) mass is 432 g/mol. The van der Waals surface area contributed by atoms with Crippen molar-refractivity contribution < 1.29 is 13.9 Å². The van der Waals surface area contributed by atoms with Crippen LogP contribution in [0.25, 0.3) is 11.3 Å². The zero-order valence-electron chi connectivity index (χ0n) is 16.0. The fourth-order valence-electron chi connectivity index (χ4n) is 3.89. The number of hydrogen-bond donors (Lipinski definition) is 0. The van der Waals surface area contributed by atoms with Crippen molar-refractivity contribution in [1.82, 2.24) is 9.88 Å². The summed E-state index contributed by atoms with van der Waals surface area (Å²) in [5, 5.41) is 0. The number of rotatable bonds is 1. The van der Waals surface area contributed by atoms with Gasteiger partial charge >= 0.3 is 6.09 Å². The molecular weight excluding hydrogens is 408 g/mol. The molecule has 1 aliphatic heterocycles. The molecule has 2 aliphatic rings. The third kappa shape index (κ3) is 3.77. The first-order chi connectivity index (χ1) is 12.8. The molecule has 1 saturated heterocycles. The number of halogens is 1. The molecule has 0 saturated carbocycles. The summed E-state index contributed by atoms with van der Waals surface area (Å²) in [5.41, 5.74) is 2.89. The number of carbonyl (C=O) groups excluding carboxylic acids is 1. The van der Waals surface area contributed by atoms with Gasteiger partial charge in [-0.15, -0.1) is 0 Å². The van der Waals surface area contributed by atoms with E-state index in [1.807, 2.05) is 26.8 Å². The van der Waals surface area contributed by atoms with Gasteiger partial charge in [0.2, 0.25) is 5.89 Å². The number of oxazole rings is 1. The van der Waals surface area contributed by atoms with Crippen molar-refractivity contribution in [2.45, 2.75) is 64.5 Å². The highest BCUT2D eigenvalue weighted by Crippen LogP contribution is 2.39. The summed E-state index contributed by atoms with van der Waals surface area (Å²) in [6, 6.07) is 6.15. The molecule has 1 atom stereocenters. The Kier molecular flexibility index (Phi) is 4.78. The Morgan fingerprint density at radius 2 is 2.11 bits per heavy atom. The van der Waals surface area contributed by atoms with Gasteiger partial charge in [0.25, 0.3) is 0 Å². The molecule has 144 valence electrons. The largest absolute Gasteiger partial charge is 0.444 e. The Labute approximate surface area is 168 Å². The van der Waals surface area contributed by atoms with Gasteiger partial charge < -0.3 is 9.15 Å². The fourth-order valence-corrected chi connectivity index (χ4v) is 4.30. The zero-order valence-corrected chi connectivity index (χ0v) is 17.6. The Hall–Kier alpha value is -1.82. The zero-order chi connectivity index (χ0) is 19.2. The summed E-state index contributed by atoms with van der Waals surface area (Å²) in [5.74, 6) is 1.50. The highest BCUT2D eigenvalue weighted by Gasteiger charge is 2.37. The highest BCUT2D eigenvalue weighted by atomic mass is 79.9. The van der Waals surface area contributed by atoms with Gasteiger partial charge in [0.05, 0.1) is 5.69 Å². The number of likely N-dealkylation sites (tertiary alicyclic amines) is 1. The maximum atomic E-state index is 12.6. The molecule has 1 aliphatic carbocycles. The average molecular weight is 433 g/mol. The lowest BCUT2D eigenvalue weighted by atomic mass is 10.0. The predicted molar refractivity (Wildman–Crippen MR) is 107 cm³/mol. The van der Waals surface area contributed by atoms with Crippen LogP contribution in [0, 0.1) is 0 Å². The molecule has 1 aromatic carbocycles. The van der Waals surface area contributed by atoms with E-state index < -0.39 is 5.60 Å². The Morgan fingerprint density at radius 3 is 2.89 bits per heavy atom. The lowest BCUT2D eigenvalue weighted by molar-refractivity contribution is 0.0204. The number of carbonyl (C=O) groups is 1. The molecule has 5 nitrogen and oxygen atoms in total. The van der Waals surface area contributed by atoms with E-state index in [0.29, 0.717) is 12.4 Å². The number of ether oxygens (including phenoxy) is 1. The van der Waals surface area contributed by atoms with Gasteiger partial charge in [0.1, 0.15) is 11.6 Å². The molecule has 0 radical (unpaired) electrons. The second kappa shape index (κ2) is 6.97. The molecule has 2 heterocycles. The van der Waals surface area contributed by atoms with Crippen LogP contribution in [0.5, 0.6) is 0 Å². The summed E-state index contributed by atoms with van der Waals surface area (Å²) < 4.78 is 12.9. The first-order valence-electron chi connectivity index (χ1n) is 9.60. The van der Waals surface area contributed by atoms with Crippen LogP contribution in [0.15, 0.2) is 27.1 Å². The van der Waals surface area contributed by atoms with Gasteiger partial charge in [0, 0.05) is 16.6 Å². The third-order valence-corrected chi connectivity index (χ3v) is 5.54. The molecule has 0 spiro atoms. The van der Waals surface area contributed by atoms with Crippen molar-refractivity contribution in [3.8, 4) is 11.3 Å². The first kappa shape index (κ1) is 18.5. The summed E-state index contributed by atoms with van der Waals surface area (Å²) in [4.78, 5) is 19.2. The second-order valence-corrected chi connectivity index (χ2v) is 9.23. The SMILES string of the molecule is CC(C)(C)OC(=O)N1CCC[C@H]1c1nc2c(o1)-c1ccc(Br)cc1CCC2. The standard InChI is InChI=1S/C21H25BrN2O3/c1-21(2,3)27-20(25)24-11-5-8-17(24)19-23-16-7-4-6-13-12-14(22)9-10-15(13)18(16)26-19/h9-10,12,17H,4-8,11H2,1-3H3/t17-/m0/s1. The summed E-state index contributed by atoms with van der Waals surface area (Å²) in [6.45, 7) is 6.34. The van der Waals surface area contributed by atoms with Crippen LogP contribution in [-0.4, -0.2) is 28.1 Å². The van der Waals surface area contributed by atoms with E-state index in [0.717, 1.165) is 53.6 Å². The van der Waals surface area contributed by atoms with E-state index in [2.05, 4.69) is 28.1 Å². The van der Waals surface area contributed by atoms with Gasteiger partial charge in [-0.05, 0) is 76.6 Å². The fraction of sp³-hybridized carbons (Fsp3) is 0.524. The summed E-state index contributed by atoms with van der Waals surface area (Å²) >= 11 is 3.56. The Bertz CT molecular complexity index is 869. The van der Waals surface area contributed by atoms with Crippen molar-refractivity contribution in [1.29, 1.82) is 0 Å². The quantitative estimate of drug-likeness (QED) is 0.582. The number of aromatic nitrogens is 1. The molecule has 1 fully saturated rings. The number of nitrogens with zero attached hydrogens (tertiary/aromatic N) is 2. The maximum absolute atomic E-state index is 12.6. The van der Waals surface area contributed by atoms with E-state index >= 15 is 0 Å². The molecular formula is C21H25BrN2O3. The number of fused-ring (bicyclic) bond motifs is 3. The number of amides is 1. The summed E-state index contributed by atoms with van der Waals surface area (Å²) in [7, 11) is 0. The predicted octanol–water partition coefficient (Wildman–Crippen LogP) is 5.66. The van der Waals surface area contributed by atoms with E-state index in [1.54, 1.807) is 4.90 Å². The normalized spacial score (nSPS) is 19.4. The summed E-state index contributed by atoms with van der Waals surface area (Å²) in [6.07, 6.45) is 4.45. The van der Waals surface area contributed by atoms with Crippen molar-refractivity contribution in [2.24, 2.45) is 0 Å². The topological polar surface area (TPSA) is 55.6 Å². The van der Waals surface area contributed by atoms with Crippen LogP contribution in [0.3, 0.4) is 0 Å². The van der Waals surface area contributed by atoms with E-state index in [-0.39, 0.29) is 12.1 Å². The molecule has 6 heteroatoms. The minimum absolute atomic E-state index is 0.148. The van der Waals surface area contributed by atoms with Crippen LogP contribution in [0.4, 0.5) is 4.79 Å². The van der Waals surface area contributed by atoms with Crippen LogP contribution >= 0.6 is 15.9 Å². The van der Waals surface area contributed by atoms with Crippen molar-refractivity contribution in [2.75, 3.05) is 6.54 Å². The smallest absolute Gasteiger partial charge is 0.410 e. The number of aryl methyl sites for hydroxylation is 2. The molecule has 1 amide bonds. The van der Waals surface area contributed by atoms with Crippen molar-refractivity contribution in [3.63, 3.8) is 0 Å². The molecule has 0 N–H and O–H groups in total. The van der Waals surface area contributed by atoms with Gasteiger partial charge in [-0.2, -0.15) is 0 Å². The molecule has 1 aromatic heterocycles.